The first-order chi connectivity index (χ1) is 7.46. The quantitative estimate of drug-likeness (QED) is 0.443. The van der Waals surface area contributed by atoms with E-state index in [1.807, 2.05) is 6.92 Å². The first-order valence-electron chi connectivity index (χ1n) is 6.53. The molecule has 4 aliphatic rings. The molecule has 0 spiro atoms. The van der Waals surface area contributed by atoms with Crippen LogP contribution in [0.5, 0.6) is 0 Å². The van der Waals surface area contributed by atoms with Crippen molar-refractivity contribution >= 4 is 39.2 Å². The second-order valence-corrected chi connectivity index (χ2v) is 15.3. The van der Waals surface area contributed by atoms with Gasteiger partial charge in [0, 0.05) is 0 Å². The zero-order valence-electron chi connectivity index (χ0n) is 9.89. The molecular weight excluding hydrogens is 279 g/mol. The van der Waals surface area contributed by atoms with Crippen LogP contribution in [0.2, 0.25) is 6.04 Å². The third-order valence-corrected chi connectivity index (χ3v) is 7.61. The van der Waals surface area contributed by atoms with Gasteiger partial charge in [-0.05, 0) is 68.2 Å². The maximum absolute atomic E-state index is 5.39. The molecule has 4 saturated carbocycles. The first-order valence-corrected chi connectivity index (χ1v) is 11.8. The third kappa shape index (κ3) is 3.80. The minimum Gasteiger partial charge on any atom is -0.126 e. The van der Waals surface area contributed by atoms with E-state index in [0.29, 0.717) is 6.04 Å². The van der Waals surface area contributed by atoms with Gasteiger partial charge in [-0.2, -0.15) is 0 Å². The van der Waals surface area contributed by atoms with Crippen LogP contribution < -0.4 is 0 Å². The van der Waals surface area contributed by atoms with Gasteiger partial charge in [0.2, 0.25) is 0 Å². The zero-order valence-corrected chi connectivity index (χ0v) is 13.2. The van der Waals surface area contributed by atoms with Crippen LogP contribution in [0.3, 0.4) is 0 Å². The molecule has 0 heterocycles. The standard InChI is InChI=1S/C10H16.C2H5Cl3Si/c1-7-2-9-4-8(1)5-10(3-7)6-9;1-2-6(3,4)5/h7-10H,1-6H2;2H2,1H3. The first kappa shape index (κ1) is 13.5. The molecule has 4 heteroatoms. The average molecular weight is 300 g/mol. The lowest BCUT2D eigenvalue weighted by molar-refractivity contribution is 0.0198. The van der Waals surface area contributed by atoms with E-state index in [9.17, 15) is 0 Å². The summed E-state index contributed by atoms with van der Waals surface area (Å²) in [6.07, 6.45) is 9.62. The van der Waals surface area contributed by atoms with E-state index in [-0.39, 0.29) is 0 Å². The Hall–Kier alpha value is 1.09. The summed E-state index contributed by atoms with van der Waals surface area (Å²) in [6.45, 7) is 1.87. The molecule has 0 nitrogen and oxygen atoms in total. The van der Waals surface area contributed by atoms with Crippen LogP contribution in [0, 0.1) is 23.7 Å². The van der Waals surface area contributed by atoms with Gasteiger partial charge >= 0.3 is 6.00 Å². The summed E-state index contributed by atoms with van der Waals surface area (Å²) in [5, 5.41) is 0. The molecular formula is C12H21Cl3Si. The Balaban J connectivity index is 0.000000142. The second kappa shape index (κ2) is 5.38. The van der Waals surface area contributed by atoms with Gasteiger partial charge in [0.05, 0.1) is 0 Å². The van der Waals surface area contributed by atoms with E-state index in [1.54, 1.807) is 38.5 Å². The number of rotatable bonds is 1. The third-order valence-electron chi connectivity index (χ3n) is 4.40. The van der Waals surface area contributed by atoms with Crippen molar-refractivity contribution in [3.8, 4) is 0 Å². The Morgan fingerprint density at radius 2 is 0.938 bits per heavy atom. The van der Waals surface area contributed by atoms with Gasteiger partial charge in [0.15, 0.2) is 0 Å². The summed E-state index contributed by atoms with van der Waals surface area (Å²) in [4.78, 5) is 0. The molecule has 0 N–H and O–H groups in total. The van der Waals surface area contributed by atoms with Crippen LogP contribution in [0.15, 0.2) is 0 Å². The monoisotopic (exact) mass is 298 g/mol. The topological polar surface area (TPSA) is 0 Å². The number of halogens is 3. The highest BCUT2D eigenvalue weighted by Gasteiger charge is 2.41. The van der Waals surface area contributed by atoms with Crippen LogP contribution in [-0.4, -0.2) is 6.00 Å². The lowest BCUT2D eigenvalue weighted by atomic mass is 9.56. The number of hydrogen-bond donors (Lipinski definition) is 0. The molecule has 4 bridgehead atoms. The molecule has 4 fully saturated rings. The molecule has 0 atom stereocenters. The van der Waals surface area contributed by atoms with Crippen LogP contribution in [0.25, 0.3) is 0 Å². The molecule has 94 valence electrons. The van der Waals surface area contributed by atoms with E-state index in [4.69, 9.17) is 33.2 Å². The van der Waals surface area contributed by atoms with Crippen LogP contribution in [0.1, 0.15) is 45.4 Å². The van der Waals surface area contributed by atoms with Crippen molar-refractivity contribution in [3.05, 3.63) is 0 Å². The smallest absolute Gasteiger partial charge is 0.126 e. The summed E-state index contributed by atoms with van der Waals surface area (Å²) < 4.78 is 0. The molecule has 0 aliphatic heterocycles. The van der Waals surface area contributed by atoms with E-state index in [0.717, 1.165) is 0 Å². The lowest BCUT2D eigenvalue weighted by Gasteiger charge is -2.49. The molecule has 0 amide bonds. The Labute approximate surface area is 114 Å². The normalized spacial score (nSPS) is 40.5. The van der Waals surface area contributed by atoms with Gasteiger partial charge in [0.1, 0.15) is 0 Å². The van der Waals surface area contributed by atoms with Gasteiger partial charge in [-0.15, -0.1) is 33.2 Å². The van der Waals surface area contributed by atoms with E-state index < -0.39 is 6.00 Å². The Morgan fingerprint density at radius 3 is 1.06 bits per heavy atom. The highest BCUT2D eigenvalue weighted by molar-refractivity contribution is 7.64. The molecule has 4 rings (SSSR count). The average Bonchev–Trinajstić information content (AvgIpc) is 2.15. The molecule has 0 radical (unpaired) electrons. The van der Waals surface area contributed by atoms with Crippen molar-refractivity contribution < 1.29 is 0 Å². The Morgan fingerprint density at radius 1 is 0.750 bits per heavy atom. The molecule has 16 heavy (non-hydrogen) atoms. The minimum atomic E-state index is -2.21. The summed E-state index contributed by atoms with van der Waals surface area (Å²) in [7, 11) is 0. The highest BCUT2D eigenvalue weighted by atomic mass is 35.8. The van der Waals surface area contributed by atoms with E-state index >= 15 is 0 Å². The fraction of sp³-hybridized carbons (Fsp3) is 1.00. The fourth-order valence-corrected chi connectivity index (χ4v) is 3.98. The van der Waals surface area contributed by atoms with Gasteiger partial charge in [-0.3, -0.25) is 0 Å². The predicted molar refractivity (Wildman–Crippen MR) is 75.5 cm³/mol. The van der Waals surface area contributed by atoms with Crippen LogP contribution in [0.4, 0.5) is 0 Å². The number of hydrogen-bond acceptors (Lipinski definition) is 0. The maximum Gasteiger partial charge on any atom is 0.341 e. The van der Waals surface area contributed by atoms with E-state index in [1.165, 1.54) is 23.7 Å². The van der Waals surface area contributed by atoms with Crippen molar-refractivity contribution in [1.82, 2.24) is 0 Å². The largest absolute Gasteiger partial charge is 0.341 e. The van der Waals surface area contributed by atoms with Crippen LogP contribution >= 0.6 is 33.2 Å². The van der Waals surface area contributed by atoms with Crippen molar-refractivity contribution in [1.29, 1.82) is 0 Å². The minimum absolute atomic E-state index is 0.706. The van der Waals surface area contributed by atoms with Gasteiger partial charge in [-0.25, -0.2) is 0 Å². The lowest BCUT2D eigenvalue weighted by Crippen LogP contribution is -2.38. The summed E-state index contributed by atoms with van der Waals surface area (Å²) in [5.41, 5.74) is 0. The molecule has 0 saturated heterocycles. The molecule has 0 unspecified atom stereocenters. The van der Waals surface area contributed by atoms with Crippen molar-refractivity contribution in [2.24, 2.45) is 23.7 Å². The molecule has 4 aliphatic carbocycles. The maximum atomic E-state index is 5.39. The highest BCUT2D eigenvalue weighted by Crippen LogP contribution is 2.53. The van der Waals surface area contributed by atoms with Gasteiger partial charge in [0.25, 0.3) is 0 Å². The SMILES string of the molecule is C1C2CC3CC1CC(C2)C3.CC[Si](Cl)(Cl)Cl. The van der Waals surface area contributed by atoms with Gasteiger partial charge < -0.3 is 0 Å². The summed E-state index contributed by atoms with van der Waals surface area (Å²) in [6, 6.07) is -1.51. The fourth-order valence-electron chi connectivity index (χ4n) is 3.98. The molecule has 0 aromatic rings. The van der Waals surface area contributed by atoms with Crippen molar-refractivity contribution in [2.45, 2.75) is 51.5 Å². The molecule has 0 aromatic heterocycles. The van der Waals surface area contributed by atoms with Crippen molar-refractivity contribution in [2.75, 3.05) is 0 Å². The van der Waals surface area contributed by atoms with Crippen LogP contribution in [-0.2, 0) is 0 Å². The predicted octanol–water partition coefficient (Wildman–Crippen LogP) is 5.49. The summed E-state index contributed by atoms with van der Waals surface area (Å²) in [5.74, 6) is 4.71. The zero-order chi connectivity index (χ0) is 11.8. The molecule has 0 aromatic carbocycles. The second-order valence-electron chi connectivity index (χ2n) is 5.85. The Kier molecular flexibility index (Phi) is 4.55. The van der Waals surface area contributed by atoms with E-state index in [2.05, 4.69) is 0 Å². The summed E-state index contributed by atoms with van der Waals surface area (Å²) >= 11 is 16.2. The van der Waals surface area contributed by atoms with Crippen molar-refractivity contribution in [3.63, 3.8) is 0 Å². The van der Waals surface area contributed by atoms with Gasteiger partial charge in [-0.1, -0.05) is 6.92 Å². The Bertz CT molecular complexity index is 180.